The van der Waals surface area contributed by atoms with Gasteiger partial charge in [-0.15, -0.1) is 5.10 Å². The highest BCUT2D eigenvalue weighted by Crippen LogP contribution is 2.21. The summed E-state index contributed by atoms with van der Waals surface area (Å²) >= 11 is 3.36. The molecule has 4 aromatic rings. The molecule has 0 unspecified atom stereocenters. The molecule has 0 aliphatic carbocycles. The van der Waals surface area contributed by atoms with Crippen LogP contribution in [0.15, 0.2) is 59.3 Å². The minimum Gasteiger partial charge on any atom is -0.497 e. The minimum atomic E-state index is -0.230. The number of rotatable bonds is 4. The molecule has 0 spiro atoms. The first kappa shape index (κ1) is 16.3. The fourth-order valence-electron chi connectivity index (χ4n) is 2.55. The number of benzene rings is 2. The molecular formula is C18H12BrN5O2. The van der Waals surface area contributed by atoms with Gasteiger partial charge in [-0.25, -0.2) is 9.97 Å². The van der Waals surface area contributed by atoms with Crippen molar-refractivity contribution in [2.75, 3.05) is 7.11 Å². The van der Waals surface area contributed by atoms with Crippen molar-refractivity contribution < 1.29 is 9.53 Å². The van der Waals surface area contributed by atoms with Gasteiger partial charge in [0.25, 0.3) is 0 Å². The predicted molar refractivity (Wildman–Crippen MR) is 98.6 cm³/mol. The molecule has 0 atom stereocenters. The number of ether oxygens (including phenoxy) is 1. The molecule has 2 heterocycles. The van der Waals surface area contributed by atoms with E-state index in [2.05, 4.69) is 36.2 Å². The Kier molecular flexibility index (Phi) is 4.18. The summed E-state index contributed by atoms with van der Waals surface area (Å²) in [5.41, 5.74) is 2.32. The van der Waals surface area contributed by atoms with Crippen LogP contribution in [0, 0.1) is 0 Å². The SMILES string of the molecule is COc1ccc(-n2nnc3c(C(=O)c4ccc(Br)cc4)ncnc32)cc1. The average Bonchev–Trinajstić information content (AvgIpc) is 3.12. The Morgan fingerprint density at radius 2 is 1.77 bits per heavy atom. The van der Waals surface area contributed by atoms with E-state index in [1.54, 1.807) is 36.1 Å². The molecule has 0 bridgehead atoms. The lowest BCUT2D eigenvalue weighted by Crippen LogP contribution is -2.06. The van der Waals surface area contributed by atoms with Gasteiger partial charge in [-0.1, -0.05) is 21.1 Å². The summed E-state index contributed by atoms with van der Waals surface area (Å²) < 4.78 is 7.62. The summed E-state index contributed by atoms with van der Waals surface area (Å²) in [6.45, 7) is 0. The quantitative estimate of drug-likeness (QED) is 0.481. The molecule has 0 saturated heterocycles. The number of hydrogen-bond donors (Lipinski definition) is 0. The minimum absolute atomic E-state index is 0.220. The van der Waals surface area contributed by atoms with Crippen LogP contribution in [0.3, 0.4) is 0 Å². The highest BCUT2D eigenvalue weighted by Gasteiger charge is 2.19. The molecule has 128 valence electrons. The molecular weight excluding hydrogens is 398 g/mol. The van der Waals surface area contributed by atoms with E-state index in [-0.39, 0.29) is 11.5 Å². The number of nitrogens with zero attached hydrogens (tertiary/aromatic N) is 5. The van der Waals surface area contributed by atoms with E-state index in [9.17, 15) is 4.79 Å². The van der Waals surface area contributed by atoms with Crippen molar-refractivity contribution in [3.05, 3.63) is 70.6 Å². The van der Waals surface area contributed by atoms with E-state index in [1.807, 2.05) is 24.3 Å². The van der Waals surface area contributed by atoms with Gasteiger partial charge in [0.1, 0.15) is 17.8 Å². The smallest absolute Gasteiger partial charge is 0.213 e. The highest BCUT2D eigenvalue weighted by molar-refractivity contribution is 9.10. The standard InChI is InChI=1S/C18H12BrN5O2/c1-26-14-8-6-13(7-9-14)24-18-16(22-23-24)15(20-10-21-18)17(25)11-2-4-12(19)5-3-11/h2-10H,1H3. The van der Waals surface area contributed by atoms with Gasteiger partial charge in [0.15, 0.2) is 11.2 Å². The number of ketones is 1. The summed E-state index contributed by atoms with van der Waals surface area (Å²) in [4.78, 5) is 21.2. The van der Waals surface area contributed by atoms with Gasteiger partial charge in [-0.3, -0.25) is 4.79 Å². The molecule has 2 aromatic carbocycles. The molecule has 26 heavy (non-hydrogen) atoms. The zero-order chi connectivity index (χ0) is 18.1. The fraction of sp³-hybridized carbons (Fsp3) is 0.0556. The van der Waals surface area contributed by atoms with Crippen LogP contribution in [-0.2, 0) is 0 Å². The third-order valence-corrected chi connectivity index (χ3v) is 4.40. The number of fused-ring (bicyclic) bond motifs is 1. The van der Waals surface area contributed by atoms with Crippen LogP contribution >= 0.6 is 15.9 Å². The highest BCUT2D eigenvalue weighted by atomic mass is 79.9. The van der Waals surface area contributed by atoms with Gasteiger partial charge in [-0.2, -0.15) is 4.68 Å². The van der Waals surface area contributed by atoms with E-state index in [4.69, 9.17) is 4.74 Å². The van der Waals surface area contributed by atoms with E-state index in [0.29, 0.717) is 16.7 Å². The molecule has 0 fully saturated rings. The largest absolute Gasteiger partial charge is 0.497 e. The second-order valence-corrected chi connectivity index (χ2v) is 6.35. The second-order valence-electron chi connectivity index (χ2n) is 5.43. The van der Waals surface area contributed by atoms with E-state index >= 15 is 0 Å². The topological polar surface area (TPSA) is 82.8 Å². The van der Waals surface area contributed by atoms with Crippen molar-refractivity contribution in [1.82, 2.24) is 25.0 Å². The van der Waals surface area contributed by atoms with Crippen molar-refractivity contribution in [2.24, 2.45) is 0 Å². The summed E-state index contributed by atoms with van der Waals surface area (Å²) in [6, 6.07) is 14.4. The lowest BCUT2D eigenvalue weighted by molar-refractivity contribution is 0.103. The molecule has 0 radical (unpaired) electrons. The lowest BCUT2D eigenvalue weighted by Gasteiger charge is -2.04. The van der Waals surface area contributed by atoms with E-state index in [0.717, 1.165) is 15.9 Å². The van der Waals surface area contributed by atoms with Crippen LogP contribution in [0.5, 0.6) is 5.75 Å². The number of hydrogen-bond acceptors (Lipinski definition) is 6. The molecule has 0 N–H and O–H groups in total. The Balaban J connectivity index is 1.79. The molecule has 4 rings (SSSR count). The summed E-state index contributed by atoms with van der Waals surface area (Å²) in [5.74, 6) is 0.505. The lowest BCUT2D eigenvalue weighted by atomic mass is 10.1. The Labute approximate surface area is 156 Å². The number of halogens is 1. The van der Waals surface area contributed by atoms with Crippen LogP contribution in [0.25, 0.3) is 16.9 Å². The second kappa shape index (κ2) is 6.64. The Morgan fingerprint density at radius 3 is 2.46 bits per heavy atom. The molecule has 0 aliphatic heterocycles. The first-order valence-electron chi connectivity index (χ1n) is 7.68. The van der Waals surface area contributed by atoms with E-state index in [1.165, 1.54) is 6.33 Å². The normalized spacial score (nSPS) is 10.8. The maximum absolute atomic E-state index is 12.8. The average molecular weight is 410 g/mol. The Hall–Kier alpha value is -3.13. The zero-order valence-electron chi connectivity index (χ0n) is 13.6. The Bertz CT molecular complexity index is 1090. The molecule has 7 nitrogen and oxygen atoms in total. The van der Waals surface area contributed by atoms with Gasteiger partial charge < -0.3 is 4.74 Å². The summed E-state index contributed by atoms with van der Waals surface area (Å²) in [5, 5.41) is 8.26. The first-order chi connectivity index (χ1) is 12.7. The Morgan fingerprint density at radius 1 is 1.04 bits per heavy atom. The molecule has 0 saturated carbocycles. The van der Waals surface area contributed by atoms with E-state index < -0.39 is 0 Å². The number of carbonyl (C=O) groups excluding carboxylic acids is 1. The molecule has 0 aliphatic rings. The molecule has 0 amide bonds. The maximum Gasteiger partial charge on any atom is 0.213 e. The summed E-state index contributed by atoms with van der Waals surface area (Å²) in [6.07, 6.45) is 1.35. The van der Waals surface area contributed by atoms with Gasteiger partial charge in [-0.05, 0) is 48.5 Å². The van der Waals surface area contributed by atoms with Crippen LogP contribution in [-0.4, -0.2) is 37.9 Å². The van der Waals surface area contributed by atoms with Crippen molar-refractivity contribution in [3.63, 3.8) is 0 Å². The maximum atomic E-state index is 12.8. The molecule has 2 aromatic heterocycles. The number of carbonyl (C=O) groups is 1. The fourth-order valence-corrected chi connectivity index (χ4v) is 2.81. The van der Waals surface area contributed by atoms with Gasteiger partial charge in [0.2, 0.25) is 5.78 Å². The zero-order valence-corrected chi connectivity index (χ0v) is 15.2. The van der Waals surface area contributed by atoms with Crippen molar-refractivity contribution in [3.8, 4) is 11.4 Å². The van der Waals surface area contributed by atoms with Crippen LogP contribution in [0.4, 0.5) is 0 Å². The predicted octanol–water partition coefficient (Wildman–Crippen LogP) is 3.21. The third-order valence-electron chi connectivity index (χ3n) is 3.88. The van der Waals surface area contributed by atoms with Crippen LogP contribution < -0.4 is 4.74 Å². The van der Waals surface area contributed by atoms with Crippen molar-refractivity contribution in [1.29, 1.82) is 0 Å². The monoisotopic (exact) mass is 409 g/mol. The number of methoxy groups -OCH3 is 1. The van der Waals surface area contributed by atoms with Crippen molar-refractivity contribution in [2.45, 2.75) is 0 Å². The van der Waals surface area contributed by atoms with Gasteiger partial charge >= 0.3 is 0 Å². The summed E-state index contributed by atoms with van der Waals surface area (Å²) in [7, 11) is 1.60. The van der Waals surface area contributed by atoms with Gasteiger partial charge in [0, 0.05) is 10.0 Å². The van der Waals surface area contributed by atoms with Crippen molar-refractivity contribution >= 4 is 32.9 Å². The van der Waals surface area contributed by atoms with Gasteiger partial charge in [0.05, 0.1) is 12.8 Å². The molecule has 8 heteroatoms. The van der Waals surface area contributed by atoms with Crippen LogP contribution in [0.1, 0.15) is 16.1 Å². The third kappa shape index (κ3) is 2.84. The number of aromatic nitrogens is 5. The van der Waals surface area contributed by atoms with Crippen LogP contribution in [0.2, 0.25) is 0 Å². The first-order valence-corrected chi connectivity index (χ1v) is 8.48.